The molecule has 0 fully saturated rings. The fourth-order valence-electron chi connectivity index (χ4n) is 1.75. The molecule has 13 heavy (non-hydrogen) atoms. The lowest BCUT2D eigenvalue weighted by Crippen LogP contribution is -2.21. The largest absolute Gasteiger partial charge is 0.369 e. The van der Waals surface area contributed by atoms with Gasteiger partial charge in [-0.1, -0.05) is 37.8 Å². The molecule has 2 heteroatoms. The zero-order chi connectivity index (χ0) is 9.52. The number of carbonyl (C=O) groups excluding carboxylic acids is 1. The third-order valence-electron chi connectivity index (χ3n) is 2.62. The molecule has 0 aliphatic heterocycles. The molecule has 0 saturated carbocycles. The van der Waals surface area contributed by atoms with Crippen LogP contribution < -0.4 is 5.73 Å². The van der Waals surface area contributed by atoms with E-state index in [1.165, 1.54) is 25.7 Å². The summed E-state index contributed by atoms with van der Waals surface area (Å²) in [6, 6.07) is 0. The molecule has 1 atom stereocenters. The molecular weight excluding hydrogens is 162 g/mol. The first kappa shape index (κ1) is 10.3. The van der Waals surface area contributed by atoms with E-state index in [1.54, 1.807) is 0 Å². The van der Waals surface area contributed by atoms with Crippen LogP contribution in [0.2, 0.25) is 0 Å². The van der Waals surface area contributed by atoms with Gasteiger partial charge in [0.1, 0.15) is 0 Å². The van der Waals surface area contributed by atoms with Crippen LogP contribution in [0.5, 0.6) is 0 Å². The van der Waals surface area contributed by atoms with Gasteiger partial charge in [-0.05, 0) is 19.3 Å². The van der Waals surface area contributed by atoms with Crippen molar-refractivity contribution in [3.05, 3.63) is 12.2 Å². The third-order valence-corrected chi connectivity index (χ3v) is 2.62. The third kappa shape index (κ3) is 4.11. The Morgan fingerprint density at radius 1 is 1.15 bits per heavy atom. The Morgan fingerprint density at radius 3 is 2.62 bits per heavy atom. The summed E-state index contributed by atoms with van der Waals surface area (Å²) in [7, 11) is 0. The molecule has 0 heterocycles. The van der Waals surface area contributed by atoms with Gasteiger partial charge in [-0.15, -0.1) is 0 Å². The normalized spacial score (nSPS) is 25.4. The predicted molar refractivity (Wildman–Crippen MR) is 54.1 cm³/mol. The Bertz CT molecular complexity index is 187. The van der Waals surface area contributed by atoms with Crippen LogP contribution in [0.1, 0.15) is 44.9 Å². The molecule has 1 aliphatic rings. The molecule has 1 unspecified atom stereocenters. The van der Waals surface area contributed by atoms with Crippen LogP contribution in [0, 0.1) is 5.92 Å². The summed E-state index contributed by atoms with van der Waals surface area (Å²) < 4.78 is 0. The summed E-state index contributed by atoms with van der Waals surface area (Å²) in [6.07, 6.45) is 12.4. The van der Waals surface area contributed by atoms with E-state index in [0.29, 0.717) is 0 Å². The number of primary amides is 1. The van der Waals surface area contributed by atoms with E-state index in [0.717, 1.165) is 19.3 Å². The van der Waals surface area contributed by atoms with E-state index < -0.39 is 0 Å². The predicted octanol–water partition coefficient (Wildman–Crippen LogP) is 2.39. The Morgan fingerprint density at radius 2 is 1.85 bits per heavy atom. The van der Waals surface area contributed by atoms with Gasteiger partial charge in [-0.3, -0.25) is 4.79 Å². The maximum atomic E-state index is 11.0. The van der Waals surface area contributed by atoms with Gasteiger partial charge in [0.15, 0.2) is 0 Å². The number of allylic oxidation sites excluding steroid dienone is 1. The number of amides is 1. The second-order valence-corrected chi connectivity index (χ2v) is 3.78. The number of rotatable bonds is 1. The number of hydrogen-bond donors (Lipinski definition) is 1. The fraction of sp³-hybridized carbons (Fsp3) is 0.727. The van der Waals surface area contributed by atoms with Gasteiger partial charge >= 0.3 is 0 Å². The van der Waals surface area contributed by atoms with Gasteiger partial charge in [-0.25, -0.2) is 0 Å². The van der Waals surface area contributed by atoms with Crippen LogP contribution >= 0.6 is 0 Å². The lowest BCUT2D eigenvalue weighted by Gasteiger charge is -2.10. The summed E-state index contributed by atoms with van der Waals surface area (Å²) in [6.45, 7) is 0. The Labute approximate surface area is 80.2 Å². The maximum absolute atomic E-state index is 11.0. The van der Waals surface area contributed by atoms with E-state index >= 15 is 0 Å². The lowest BCUT2D eigenvalue weighted by molar-refractivity contribution is -0.120. The monoisotopic (exact) mass is 181 g/mol. The molecular formula is C11H19NO. The van der Waals surface area contributed by atoms with Crippen molar-refractivity contribution in [2.75, 3.05) is 0 Å². The highest BCUT2D eigenvalue weighted by atomic mass is 16.1. The maximum Gasteiger partial charge on any atom is 0.224 e. The van der Waals surface area contributed by atoms with Crippen LogP contribution in [-0.2, 0) is 4.79 Å². The quantitative estimate of drug-likeness (QED) is 0.620. The van der Waals surface area contributed by atoms with Gasteiger partial charge in [-0.2, -0.15) is 0 Å². The number of hydrogen-bond acceptors (Lipinski definition) is 1. The molecule has 1 amide bonds. The van der Waals surface area contributed by atoms with Crippen molar-refractivity contribution in [3.8, 4) is 0 Å². The highest BCUT2D eigenvalue weighted by Crippen LogP contribution is 2.16. The Balaban J connectivity index is 2.44. The van der Waals surface area contributed by atoms with Crippen LogP contribution in [0.3, 0.4) is 0 Å². The van der Waals surface area contributed by atoms with Crippen LogP contribution in [0.4, 0.5) is 0 Å². The molecule has 0 aromatic carbocycles. The van der Waals surface area contributed by atoms with Crippen molar-refractivity contribution in [2.45, 2.75) is 44.9 Å². The molecule has 2 nitrogen and oxygen atoms in total. The second kappa shape index (κ2) is 5.79. The zero-order valence-electron chi connectivity index (χ0n) is 8.17. The molecule has 74 valence electrons. The molecule has 1 rings (SSSR count). The van der Waals surface area contributed by atoms with E-state index in [2.05, 4.69) is 6.08 Å². The van der Waals surface area contributed by atoms with Gasteiger partial charge < -0.3 is 5.73 Å². The standard InChI is InChI=1S/C11H19NO/c12-11(13)10-8-6-4-2-1-3-5-7-9-10/h6,8,10H,1-5,7,9H2,(H2,12,13). The van der Waals surface area contributed by atoms with E-state index in [9.17, 15) is 4.79 Å². The highest BCUT2D eigenvalue weighted by Gasteiger charge is 2.11. The van der Waals surface area contributed by atoms with Crippen LogP contribution in [-0.4, -0.2) is 5.91 Å². The molecule has 2 N–H and O–H groups in total. The Kier molecular flexibility index (Phi) is 4.58. The summed E-state index contributed by atoms with van der Waals surface area (Å²) in [5.41, 5.74) is 5.29. The summed E-state index contributed by atoms with van der Waals surface area (Å²) in [5, 5.41) is 0. The van der Waals surface area contributed by atoms with Gasteiger partial charge in [0.2, 0.25) is 5.91 Å². The minimum absolute atomic E-state index is 0.0156. The zero-order valence-corrected chi connectivity index (χ0v) is 8.17. The van der Waals surface area contributed by atoms with Gasteiger partial charge in [0.25, 0.3) is 0 Å². The summed E-state index contributed by atoms with van der Waals surface area (Å²) >= 11 is 0. The van der Waals surface area contributed by atoms with Crippen molar-refractivity contribution in [3.63, 3.8) is 0 Å². The fourth-order valence-corrected chi connectivity index (χ4v) is 1.75. The molecule has 0 spiro atoms. The van der Waals surface area contributed by atoms with Crippen molar-refractivity contribution in [2.24, 2.45) is 11.7 Å². The molecule has 0 saturated heterocycles. The molecule has 0 aromatic rings. The first-order chi connectivity index (χ1) is 6.30. The minimum Gasteiger partial charge on any atom is -0.369 e. The lowest BCUT2D eigenvalue weighted by atomic mass is 9.97. The van der Waals surface area contributed by atoms with Crippen molar-refractivity contribution >= 4 is 5.91 Å². The first-order valence-electron chi connectivity index (χ1n) is 5.26. The van der Waals surface area contributed by atoms with Crippen molar-refractivity contribution in [1.29, 1.82) is 0 Å². The van der Waals surface area contributed by atoms with Crippen molar-refractivity contribution in [1.82, 2.24) is 0 Å². The van der Waals surface area contributed by atoms with E-state index in [-0.39, 0.29) is 11.8 Å². The van der Waals surface area contributed by atoms with Gasteiger partial charge in [0.05, 0.1) is 5.92 Å². The van der Waals surface area contributed by atoms with E-state index in [1.807, 2.05) is 6.08 Å². The molecule has 0 radical (unpaired) electrons. The van der Waals surface area contributed by atoms with Gasteiger partial charge in [0, 0.05) is 0 Å². The topological polar surface area (TPSA) is 43.1 Å². The molecule has 0 aromatic heterocycles. The smallest absolute Gasteiger partial charge is 0.224 e. The number of carbonyl (C=O) groups is 1. The highest BCUT2D eigenvalue weighted by molar-refractivity contribution is 5.78. The molecule has 1 aliphatic carbocycles. The summed E-state index contributed by atoms with van der Waals surface area (Å²) in [4.78, 5) is 11.0. The average molecular weight is 181 g/mol. The number of nitrogens with two attached hydrogens (primary N) is 1. The molecule has 0 bridgehead atoms. The summed E-state index contributed by atoms with van der Waals surface area (Å²) in [5.74, 6) is -0.185. The average Bonchev–Trinajstić information content (AvgIpc) is 2.14. The minimum atomic E-state index is -0.170. The SMILES string of the molecule is NC(=O)C1C=CCCCCCCC1. The Hall–Kier alpha value is -0.790. The van der Waals surface area contributed by atoms with Crippen LogP contribution in [0.15, 0.2) is 12.2 Å². The van der Waals surface area contributed by atoms with Crippen LogP contribution in [0.25, 0.3) is 0 Å². The second-order valence-electron chi connectivity index (χ2n) is 3.78. The first-order valence-corrected chi connectivity index (χ1v) is 5.26. The van der Waals surface area contributed by atoms with E-state index in [4.69, 9.17) is 5.73 Å². The van der Waals surface area contributed by atoms with Crippen molar-refractivity contribution < 1.29 is 4.79 Å².